The summed E-state index contributed by atoms with van der Waals surface area (Å²) in [6, 6.07) is 9.81. The average Bonchev–Trinajstić information content (AvgIpc) is 2.38. The number of hydrogen-bond acceptors (Lipinski definition) is 2. The third-order valence-corrected chi connectivity index (χ3v) is 5.32. The molecule has 0 aliphatic heterocycles. The molecule has 0 heterocycles. The molecule has 0 fully saturated rings. The lowest BCUT2D eigenvalue weighted by molar-refractivity contribution is 0.444. The van der Waals surface area contributed by atoms with Gasteiger partial charge in [0.25, 0.3) is 0 Å². The molecule has 0 saturated heterocycles. The molecule has 0 aliphatic rings. The molecule has 0 atom stereocenters. The Labute approximate surface area is 132 Å². The summed E-state index contributed by atoms with van der Waals surface area (Å²) in [6.07, 6.45) is 0. The van der Waals surface area contributed by atoms with Gasteiger partial charge in [0.05, 0.1) is 9.79 Å². The minimum Gasteiger partial charge on any atom is -0.219 e. The SMILES string of the molecule is O=S(=O)(c1ccc(F)cc1)c1ccc(C(F)(Br)Br)cc1. The van der Waals surface area contributed by atoms with Crippen molar-refractivity contribution in [3.8, 4) is 0 Å². The fraction of sp³-hybridized carbons (Fsp3) is 0.0769. The molecule has 2 nitrogen and oxygen atoms in total. The molecule has 2 rings (SSSR count). The van der Waals surface area contributed by atoms with Crippen LogP contribution in [0.15, 0.2) is 58.3 Å². The van der Waals surface area contributed by atoms with E-state index < -0.39 is 19.1 Å². The van der Waals surface area contributed by atoms with Crippen molar-refractivity contribution in [3.05, 3.63) is 59.9 Å². The first kappa shape index (κ1) is 15.6. The topological polar surface area (TPSA) is 34.1 Å². The van der Waals surface area contributed by atoms with Crippen molar-refractivity contribution in [2.45, 2.75) is 13.3 Å². The Morgan fingerprint density at radius 3 is 1.65 bits per heavy atom. The van der Waals surface area contributed by atoms with Crippen LogP contribution in [0, 0.1) is 5.82 Å². The molecule has 0 aromatic heterocycles. The van der Waals surface area contributed by atoms with E-state index in [9.17, 15) is 17.2 Å². The highest BCUT2D eigenvalue weighted by atomic mass is 79.9. The van der Waals surface area contributed by atoms with Crippen molar-refractivity contribution in [3.63, 3.8) is 0 Å². The minimum absolute atomic E-state index is 0.0112. The minimum atomic E-state index is -3.74. The highest BCUT2D eigenvalue weighted by molar-refractivity contribution is 9.24. The van der Waals surface area contributed by atoms with Gasteiger partial charge in [0.2, 0.25) is 13.3 Å². The van der Waals surface area contributed by atoms with Crippen LogP contribution in [0.4, 0.5) is 8.78 Å². The number of rotatable bonds is 3. The molecule has 0 N–H and O–H groups in total. The van der Waals surface area contributed by atoms with Crippen molar-refractivity contribution >= 4 is 41.7 Å². The first-order valence-electron chi connectivity index (χ1n) is 5.39. The van der Waals surface area contributed by atoms with E-state index in [1.54, 1.807) is 0 Å². The lowest BCUT2D eigenvalue weighted by Crippen LogP contribution is -2.04. The number of halogens is 4. The normalized spacial score (nSPS) is 12.4. The largest absolute Gasteiger partial charge is 0.244 e. The lowest BCUT2D eigenvalue weighted by atomic mass is 10.2. The second-order valence-corrected chi connectivity index (χ2v) is 9.18. The van der Waals surface area contributed by atoms with Crippen LogP contribution in [0.5, 0.6) is 0 Å². The predicted molar refractivity (Wildman–Crippen MR) is 78.9 cm³/mol. The van der Waals surface area contributed by atoms with Crippen molar-refractivity contribution in [2.24, 2.45) is 0 Å². The van der Waals surface area contributed by atoms with Crippen LogP contribution in [0.2, 0.25) is 0 Å². The zero-order valence-corrected chi connectivity index (χ0v) is 13.8. The van der Waals surface area contributed by atoms with Crippen LogP contribution in [0.25, 0.3) is 0 Å². The molecule has 106 valence electrons. The van der Waals surface area contributed by atoms with Crippen LogP contribution in [-0.4, -0.2) is 8.42 Å². The number of benzene rings is 2. The van der Waals surface area contributed by atoms with Gasteiger partial charge in [-0.15, -0.1) is 0 Å². The molecule has 0 bridgehead atoms. The summed E-state index contributed by atoms with van der Waals surface area (Å²) in [5, 5.41) is 0. The average molecular weight is 426 g/mol. The van der Waals surface area contributed by atoms with Crippen LogP contribution >= 0.6 is 31.9 Å². The summed E-state index contributed by atoms with van der Waals surface area (Å²) in [5.74, 6) is -0.514. The Kier molecular flexibility index (Phi) is 4.32. The molecule has 20 heavy (non-hydrogen) atoms. The third kappa shape index (κ3) is 3.27. The Morgan fingerprint density at radius 2 is 1.25 bits per heavy atom. The summed E-state index contributed by atoms with van der Waals surface area (Å²) >= 11 is 5.55. The smallest absolute Gasteiger partial charge is 0.219 e. The quantitative estimate of drug-likeness (QED) is 0.534. The van der Waals surface area contributed by atoms with Gasteiger partial charge in [0, 0.05) is 5.56 Å². The zero-order valence-electron chi connectivity index (χ0n) is 9.86. The Hall–Kier alpha value is -0.790. The maximum atomic E-state index is 13.6. The van der Waals surface area contributed by atoms with Gasteiger partial charge < -0.3 is 0 Å². The Bertz CT molecular complexity index is 706. The lowest BCUT2D eigenvalue weighted by Gasteiger charge is -2.11. The molecule has 0 saturated carbocycles. The highest BCUT2D eigenvalue weighted by Crippen LogP contribution is 2.39. The second-order valence-electron chi connectivity index (χ2n) is 3.98. The molecule has 7 heteroatoms. The van der Waals surface area contributed by atoms with Crippen molar-refractivity contribution in [1.82, 2.24) is 0 Å². The molecule has 0 radical (unpaired) electrons. The highest BCUT2D eigenvalue weighted by Gasteiger charge is 2.25. The Balaban J connectivity index is 2.42. The van der Waals surface area contributed by atoms with E-state index in [2.05, 4.69) is 31.9 Å². The van der Waals surface area contributed by atoms with E-state index in [4.69, 9.17) is 0 Å². The summed E-state index contributed by atoms with van der Waals surface area (Å²) in [6.45, 7) is 0. The Morgan fingerprint density at radius 1 is 0.850 bits per heavy atom. The first-order valence-corrected chi connectivity index (χ1v) is 8.46. The molecular formula is C13H8Br2F2O2S. The maximum absolute atomic E-state index is 13.6. The zero-order chi connectivity index (χ0) is 15.0. The van der Waals surface area contributed by atoms with E-state index in [1.807, 2.05) is 0 Å². The van der Waals surface area contributed by atoms with E-state index in [0.29, 0.717) is 0 Å². The fourth-order valence-electron chi connectivity index (χ4n) is 1.57. The molecule has 0 unspecified atom stereocenters. The maximum Gasteiger partial charge on any atom is 0.244 e. The molecular weight excluding hydrogens is 418 g/mol. The summed E-state index contributed by atoms with van der Waals surface area (Å²) in [5.41, 5.74) is 0.232. The van der Waals surface area contributed by atoms with Gasteiger partial charge in [-0.2, -0.15) is 0 Å². The van der Waals surface area contributed by atoms with Crippen molar-refractivity contribution in [2.75, 3.05) is 0 Å². The molecule has 0 aliphatic carbocycles. The number of hydrogen-bond donors (Lipinski definition) is 0. The molecule has 2 aromatic rings. The second kappa shape index (κ2) is 5.54. The molecule has 0 amide bonds. The van der Waals surface area contributed by atoms with Crippen LogP contribution in [-0.2, 0) is 13.3 Å². The van der Waals surface area contributed by atoms with Gasteiger partial charge in [-0.1, -0.05) is 12.1 Å². The monoisotopic (exact) mass is 424 g/mol. The first-order chi connectivity index (χ1) is 9.21. The fourth-order valence-corrected chi connectivity index (χ4v) is 3.36. The van der Waals surface area contributed by atoms with Gasteiger partial charge in [-0.05, 0) is 68.3 Å². The predicted octanol–water partition coefficient (Wildman–Crippen LogP) is 4.53. The standard InChI is InChI=1S/C13H8Br2F2O2S/c14-13(15,17)9-1-5-11(6-2-9)20(18,19)12-7-3-10(16)4-8-12/h1-8H. The van der Waals surface area contributed by atoms with Gasteiger partial charge >= 0.3 is 0 Å². The van der Waals surface area contributed by atoms with E-state index in [-0.39, 0.29) is 15.4 Å². The van der Waals surface area contributed by atoms with E-state index in [1.165, 1.54) is 36.4 Å². The number of alkyl halides is 3. The van der Waals surface area contributed by atoms with Crippen LogP contribution in [0.3, 0.4) is 0 Å². The van der Waals surface area contributed by atoms with Crippen molar-refractivity contribution < 1.29 is 17.2 Å². The molecule has 0 spiro atoms. The summed E-state index contributed by atoms with van der Waals surface area (Å²) in [4.78, 5) is -0.00652. The van der Waals surface area contributed by atoms with Gasteiger partial charge in [-0.3, -0.25) is 0 Å². The van der Waals surface area contributed by atoms with Gasteiger partial charge in [0.15, 0.2) is 0 Å². The van der Waals surface area contributed by atoms with Crippen LogP contribution in [0.1, 0.15) is 5.56 Å². The number of sulfone groups is 1. The van der Waals surface area contributed by atoms with Crippen molar-refractivity contribution in [1.29, 1.82) is 0 Å². The molecule has 2 aromatic carbocycles. The van der Waals surface area contributed by atoms with E-state index >= 15 is 0 Å². The van der Waals surface area contributed by atoms with Gasteiger partial charge in [-0.25, -0.2) is 17.2 Å². The van der Waals surface area contributed by atoms with E-state index in [0.717, 1.165) is 12.1 Å². The van der Waals surface area contributed by atoms with Gasteiger partial charge in [0.1, 0.15) is 5.82 Å². The summed E-state index contributed by atoms with van der Waals surface area (Å²) in [7, 11) is -3.74. The summed E-state index contributed by atoms with van der Waals surface area (Å²) < 4.78 is 49.0. The van der Waals surface area contributed by atoms with Crippen LogP contribution < -0.4 is 0 Å². The third-order valence-electron chi connectivity index (χ3n) is 2.62.